The van der Waals surface area contributed by atoms with Crippen LogP contribution < -0.4 is 0 Å². The summed E-state index contributed by atoms with van der Waals surface area (Å²) >= 11 is 0. The highest BCUT2D eigenvalue weighted by atomic mass is 32.2. The Balaban J connectivity index is 2.15. The fraction of sp³-hybridized carbons (Fsp3) is 0.875. The van der Waals surface area contributed by atoms with Crippen molar-refractivity contribution in [1.82, 2.24) is 4.90 Å². The van der Waals surface area contributed by atoms with Crippen LogP contribution in [0.15, 0.2) is 0 Å². The van der Waals surface area contributed by atoms with Gasteiger partial charge in [0.05, 0.1) is 6.26 Å². The Bertz CT molecular complexity index is 342. The van der Waals surface area contributed by atoms with E-state index in [2.05, 4.69) is 0 Å². The Morgan fingerprint density at radius 1 is 1.36 bits per heavy atom. The first-order valence-corrected chi connectivity index (χ1v) is 6.45. The van der Waals surface area contributed by atoms with Gasteiger partial charge in [0.15, 0.2) is 12.0 Å². The Hall–Kier alpha value is -0.460. The molecule has 0 spiro atoms. The van der Waals surface area contributed by atoms with Crippen molar-refractivity contribution in [2.45, 2.75) is 19.1 Å². The highest BCUT2D eigenvalue weighted by Gasteiger charge is 2.43. The van der Waals surface area contributed by atoms with Crippen LogP contribution in [0.1, 0.15) is 12.8 Å². The molecule has 14 heavy (non-hydrogen) atoms. The molecule has 6 heteroatoms. The molecule has 0 amide bonds. The molecule has 80 valence electrons. The molecule has 1 atom stereocenters. The van der Waals surface area contributed by atoms with Gasteiger partial charge in [-0.25, -0.2) is 4.18 Å². The summed E-state index contributed by atoms with van der Waals surface area (Å²) in [6.45, 7) is 1.52. The summed E-state index contributed by atoms with van der Waals surface area (Å²) in [5, 5.41) is 0. The lowest BCUT2D eigenvalue weighted by Gasteiger charge is -2.42. The fourth-order valence-corrected chi connectivity index (χ4v) is 2.62. The normalized spacial score (nSPS) is 37.5. The van der Waals surface area contributed by atoms with E-state index in [1.54, 1.807) is 4.90 Å². The Kier molecular flexibility index (Phi) is 2.36. The van der Waals surface area contributed by atoms with Gasteiger partial charge in [-0.1, -0.05) is 0 Å². The largest absolute Gasteiger partial charge is 0.295 e. The van der Waals surface area contributed by atoms with Crippen molar-refractivity contribution >= 4 is 15.9 Å². The van der Waals surface area contributed by atoms with Gasteiger partial charge in [-0.15, -0.1) is 0 Å². The molecule has 3 aliphatic rings. The van der Waals surface area contributed by atoms with Gasteiger partial charge in [0.25, 0.3) is 10.1 Å². The number of piperidine rings is 3. The van der Waals surface area contributed by atoms with E-state index in [9.17, 15) is 13.2 Å². The van der Waals surface area contributed by atoms with Gasteiger partial charge in [0.2, 0.25) is 0 Å². The molecular weight excluding hydrogens is 206 g/mol. The van der Waals surface area contributed by atoms with Crippen LogP contribution in [0.5, 0.6) is 0 Å². The van der Waals surface area contributed by atoms with Crippen LogP contribution in [0, 0.1) is 5.92 Å². The van der Waals surface area contributed by atoms with Gasteiger partial charge < -0.3 is 0 Å². The lowest BCUT2D eigenvalue weighted by atomic mass is 9.86. The Morgan fingerprint density at radius 3 is 2.36 bits per heavy atom. The minimum Gasteiger partial charge on any atom is -0.295 e. The summed E-state index contributed by atoms with van der Waals surface area (Å²) in [5.41, 5.74) is 0. The average Bonchev–Trinajstić information content (AvgIpc) is 2.10. The molecule has 1 unspecified atom stereocenters. The van der Waals surface area contributed by atoms with Gasteiger partial charge in [0, 0.05) is 19.0 Å². The minimum atomic E-state index is -3.54. The minimum absolute atomic E-state index is 0.00625. The molecule has 2 bridgehead atoms. The van der Waals surface area contributed by atoms with Crippen LogP contribution in [-0.2, 0) is 19.1 Å². The quantitative estimate of drug-likeness (QED) is 0.590. The summed E-state index contributed by atoms with van der Waals surface area (Å²) in [5.74, 6) is -0.0697. The second kappa shape index (κ2) is 3.29. The lowest BCUT2D eigenvalue weighted by Crippen LogP contribution is -2.56. The average molecular weight is 219 g/mol. The van der Waals surface area contributed by atoms with Crippen LogP contribution >= 0.6 is 0 Å². The maximum absolute atomic E-state index is 11.6. The smallest absolute Gasteiger partial charge is 0.266 e. The van der Waals surface area contributed by atoms with E-state index in [4.69, 9.17) is 4.18 Å². The zero-order chi connectivity index (χ0) is 10.3. The topological polar surface area (TPSA) is 63.7 Å². The van der Waals surface area contributed by atoms with E-state index in [0.29, 0.717) is 0 Å². The van der Waals surface area contributed by atoms with E-state index in [0.717, 1.165) is 32.2 Å². The zero-order valence-electron chi connectivity index (χ0n) is 7.97. The molecule has 3 aliphatic heterocycles. The van der Waals surface area contributed by atoms with Crippen molar-refractivity contribution in [1.29, 1.82) is 0 Å². The third-order valence-corrected chi connectivity index (χ3v) is 3.30. The monoisotopic (exact) mass is 219 g/mol. The van der Waals surface area contributed by atoms with Gasteiger partial charge >= 0.3 is 0 Å². The molecule has 0 aliphatic carbocycles. The summed E-state index contributed by atoms with van der Waals surface area (Å²) in [6, 6.07) is 0. The van der Waals surface area contributed by atoms with E-state index < -0.39 is 16.3 Å². The highest BCUT2D eigenvalue weighted by molar-refractivity contribution is 7.86. The van der Waals surface area contributed by atoms with Gasteiger partial charge in [0.1, 0.15) is 0 Å². The lowest BCUT2D eigenvalue weighted by molar-refractivity contribution is -0.150. The van der Waals surface area contributed by atoms with Crippen LogP contribution in [0.4, 0.5) is 0 Å². The predicted molar refractivity (Wildman–Crippen MR) is 49.0 cm³/mol. The first-order valence-electron chi connectivity index (χ1n) is 4.63. The number of nitrogens with zero attached hydrogens (tertiary/aromatic N) is 1. The molecule has 5 nitrogen and oxygen atoms in total. The van der Waals surface area contributed by atoms with Crippen molar-refractivity contribution in [2.75, 3.05) is 19.3 Å². The number of fused-ring (bicyclic) bond motifs is 3. The van der Waals surface area contributed by atoms with Crippen LogP contribution in [0.25, 0.3) is 0 Å². The Morgan fingerprint density at radius 2 is 1.93 bits per heavy atom. The second-order valence-electron chi connectivity index (χ2n) is 3.87. The van der Waals surface area contributed by atoms with Crippen molar-refractivity contribution in [3.05, 3.63) is 0 Å². The molecule has 0 aromatic rings. The summed E-state index contributed by atoms with van der Waals surface area (Å²) < 4.78 is 26.6. The number of rotatable bonds is 2. The van der Waals surface area contributed by atoms with Gasteiger partial charge in [-0.2, -0.15) is 8.42 Å². The second-order valence-corrected chi connectivity index (χ2v) is 5.47. The van der Waals surface area contributed by atoms with E-state index in [-0.39, 0.29) is 11.7 Å². The van der Waals surface area contributed by atoms with Crippen LogP contribution in [-0.4, -0.2) is 44.7 Å². The molecular formula is C8H13NO4S. The van der Waals surface area contributed by atoms with E-state index in [1.807, 2.05) is 0 Å². The maximum Gasteiger partial charge on any atom is 0.266 e. The molecule has 0 saturated carbocycles. The van der Waals surface area contributed by atoms with E-state index >= 15 is 0 Å². The third kappa shape index (κ3) is 1.82. The number of hydrogen-bond donors (Lipinski definition) is 0. The highest BCUT2D eigenvalue weighted by Crippen LogP contribution is 2.29. The molecule has 3 rings (SSSR count). The molecule has 3 heterocycles. The standard InChI is InChI=1S/C8H13NO4S/c1-14(11,12)13-8-7(10)6-2-4-9(8)5-3-6/h6,8H,2-5H2,1H3. The first-order chi connectivity index (χ1) is 6.47. The van der Waals surface area contributed by atoms with Crippen LogP contribution in [0.2, 0.25) is 0 Å². The Labute approximate surface area is 83.2 Å². The molecule has 0 aromatic carbocycles. The number of carbonyl (C=O) groups is 1. The molecule has 3 fully saturated rings. The van der Waals surface area contributed by atoms with Gasteiger partial charge in [-0.3, -0.25) is 9.69 Å². The summed E-state index contributed by atoms with van der Waals surface area (Å²) in [6.07, 6.45) is 1.80. The van der Waals surface area contributed by atoms with Gasteiger partial charge in [-0.05, 0) is 12.8 Å². The number of carbonyl (C=O) groups excluding carboxylic acids is 1. The zero-order valence-corrected chi connectivity index (χ0v) is 8.79. The maximum atomic E-state index is 11.6. The molecule has 0 aromatic heterocycles. The number of hydrogen-bond acceptors (Lipinski definition) is 5. The number of Topliss-reactive ketones (excluding diaryl/α,β-unsaturated/α-hetero) is 1. The first kappa shape index (κ1) is 10.1. The fourth-order valence-electron chi connectivity index (χ4n) is 2.07. The molecule has 0 radical (unpaired) electrons. The summed E-state index contributed by atoms with van der Waals surface area (Å²) in [4.78, 5) is 13.4. The van der Waals surface area contributed by atoms with E-state index in [1.165, 1.54) is 0 Å². The van der Waals surface area contributed by atoms with Crippen molar-refractivity contribution in [3.63, 3.8) is 0 Å². The van der Waals surface area contributed by atoms with Crippen molar-refractivity contribution in [2.24, 2.45) is 5.92 Å². The number of ketones is 1. The molecule has 0 N–H and O–H groups in total. The predicted octanol–water partition coefficient (Wildman–Crippen LogP) is -0.417. The van der Waals surface area contributed by atoms with Crippen molar-refractivity contribution < 1.29 is 17.4 Å². The summed E-state index contributed by atoms with van der Waals surface area (Å²) in [7, 11) is -3.54. The van der Waals surface area contributed by atoms with Crippen LogP contribution in [0.3, 0.4) is 0 Å². The third-order valence-electron chi connectivity index (χ3n) is 2.77. The molecule has 3 saturated heterocycles. The SMILES string of the molecule is CS(=O)(=O)OC1C(=O)C2CCN1CC2. The van der Waals surface area contributed by atoms with Crippen molar-refractivity contribution in [3.8, 4) is 0 Å².